The molecule has 0 unspecified atom stereocenters. The number of fused-ring (bicyclic) bond motifs is 3. The van der Waals surface area contributed by atoms with Gasteiger partial charge >= 0.3 is 0 Å². The molecule has 0 saturated heterocycles. The van der Waals surface area contributed by atoms with E-state index in [1.165, 1.54) is 33.4 Å². The number of hydrogen-bond donors (Lipinski definition) is 1. The van der Waals surface area contributed by atoms with E-state index in [2.05, 4.69) is 127 Å². The molecule has 0 spiro atoms. The molecule has 0 amide bonds. The summed E-state index contributed by atoms with van der Waals surface area (Å²) >= 11 is 0. The normalized spacial score (nSPS) is 12.7. The maximum absolute atomic E-state index is 5.18. The molecule has 0 fully saturated rings. The molecule has 0 saturated carbocycles. The maximum atomic E-state index is 5.18. The highest BCUT2D eigenvalue weighted by atomic mass is 15.0. The summed E-state index contributed by atoms with van der Waals surface area (Å²) in [5.74, 6) is 8.13. The summed E-state index contributed by atoms with van der Waals surface area (Å²) in [5, 5.41) is 3.17. The Balaban J connectivity index is 1.25. The molecule has 0 bridgehead atoms. The molecule has 1 aromatic heterocycles. The fourth-order valence-corrected chi connectivity index (χ4v) is 6.79. The van der Waals surface area contributed by atoms with Crippen LogP contribution in [0.4, 0.5) is 0 Å². The Bertz CT molecular complexity index is 2380. The lowest BCUT2D eigenvalue weighted by atomic mass is 9.94. The Morgan fingerprint density at radius 2 is 1.33 bits per heavy atom. The van der Waals surface area contributed by atoms with Gasteiger partial charge in [-0.2, -0.15) is 0 Å². The van der Waals surface area contributed by atoms with Crippen molar-refractivity contribution in [3.63, 3.8) is 0 Å². The number of aromatic nitrogens is 3. The maximum Gasteiger partial charge on any atom is 0.164 e. The molecule has 0 radical (unpaired) electrons. The van der Waals surface area contributed by atoms with Crippen LogP contribution in [0.15, 0.2) is 152 Å². The number of nitrogens with one attached hydrogen (secondary N) is 1. The standard InChI is InChI=1S/C45H32N4/c1-3-41(46-2)32-26-24-31(25-27-32)37-21-13-22-38-40(37)29-35-19-12-23-39(42(35)38)45-48-43(33-16-9-6-10-17-33)47-44(49-45)36-20-11-18-34(28-36)30-14-7-4-5-8-15-30/h6-28,30,46H,1,29H2,2H3. The molecule has 0 atom stereocenters. The Kier molecular flexibility index (Phi) is 7.88. The van der Waals surface area contributed by atoms with E-state index in [0.717, 1.165) is 39.9 Å². The second-order valence-corrected chi connectivity index (χ2v) is 12.1. The van der Waals surface area contributed by atoms with Crippen LogP contribution in [-0.2, 0) is 6.42 Å². The second-order valence-electron chi connectivity index (χ2n) is 12.1. The van der Waals surface area contributed by atoms with Gasteiger partial charge in [-0.15, -0.1) is 5.73 Å². The third-order valence-corrected chi connectivity index (χ3v) is 9.17. The van der Waals surface area contributed by atoms with Crippen LogP contribution in [0.3, 0.4) is 0 Å². The molecule has 5 aromatic carbocycles. The van der Waals surface area contributed by atoms with Crippen molar-refractivity contribution < 1.29 is 0 Å². The minimum Gasteiger partial charge on any atom is -0.381 e. The van der Waals surface area contributed by atoms with Crippen molar-refractivity contribution in [3.05, 3.63) is 174 Å². The van der Waals surface area contributed by atoms with Crippen LogP contribution >= 0.6 is 0 Å². The molecule has 6 aromatic rings. The van der Waals surface area contributed by atoms with Crippen LogP contribution in [-0.4, -0.2) is 22.0 Å². The van der Waals surface area contributed by atoms with Crippen molar-refractivity contribution in [3.8, 4) is 68.3 Å². The van der Waals surface area contributed by atoms with Gasteiger partial charge in [-0.3, -0.25) is 0 Å². The predicted octanol–water partition coefficient (Wildman–Crippen LogP) is 9.67. The van der Waals surface area contributed by atoms with Crippen molar-refractivity contribution >= 4 is 5.70 Å². The summed E-state index contributed by atoms with van der Waals surface area (Å²) in [6.45, 7) is 3.82. The zero-order valence-corrected chi connectivity index (χ0v) is 27.1. The number of allylic oxidation sites excluding steroid dienone is 4. The van der Waals surface area contributed by atoms with Gasteiger partial charge in [0.05, 0.1) is 5.70 Å². The summed E-state index contributed by atoms with van der Waals surface area (Å²) in [6.07, 6.45) is 8.91. The number of nitrogens with zero attached hydrogens (tertiary/aromatic N) is 3. The lowest BCUT2D eigenvalue weighted by Crippen LogP contribution is -2.03. The molecule has 49 heavy (non-hydrogen) atoms. The fraction of sp³-hybridized carbons (Fsp3) is 0.0667. The Morgan fingerprint density at radius 1 is 0.673 bits per heavy atom. The van der Waals surface area contributed by atoms with E-state index < -0.39 is 0 Å². The number of rotatable bonds is 7. The molecular formula is C45H32N4. The van der Waals surface area contributed by atoms with E-state index >= 15 is 0 Å². The van der Waals surface area contributed by atoms with Crippen molar-refractivity contribution in [2.24, 2.45) is 0 Å². The van der Waals surface area contributed by atoms with Crippen LogP contribution in [0, 0.1) is 11.8 Å². The van der Waals surface area contributed by atoms with Crippen LogP contribution in [0.2, 0.25) is 0 Å². The molecule has 0 aliphatic heterocycles. The first-order valence-corrected chi connectivity index (χ1v) is 16.4. The van der Waals surface area contributed by atoms with Gasteiger partial charge in [0.25, 0.3) is 0 Å². The molecule has 232 valence electrons. The van der Waals surface area contributed by atoms with Gasteiger partial charge in [-0.1, -0.05) is 140 Å². The molecule has 1 N–H and O–H groups in total. The summed E-state index contributed by atoms with van der Waals surface area (Å²) < 4.78 is 0. The highest BCUT2D eigenvalue weighted by Gasteiger charge is 2.26. The van der Waals surface area contributed by atoms with Gasteiger partial charge in [0.2, 0.25) is 0 Å². The zero-order valence-electron chi connectivity index (χ0n) is 27.1. The lowest BCUT2D eigenvalue weighted by Gasteiger charge is -2.14. The van der Waals surface area contributed by atoms with Gasteiger partial charge in [-0.25, -0.2) is 15.0 Å². The average Bonchev–Trinajstić information content (AvgIpc) is 3.34. The van der Waals surface area contributed by atoms with Crippen molar-refractivity contribution in [1.29, 1.82) is 0 Å². The van der Waals surface area contributed by atoms with Crippen molar-refractivity contribution in [2.45, 2.75) is 12.3 Å². The summed E-state index contributed by atoms with van der Waals surface area (Å²) in [7, 11) is 1.89. The first kappa shape index (κ1) is 29.8. The topological polar surface area (TPSA) is 50.7 Å². The van der Waals surface area contributed by atoms with Gasteiger partial charge in [0, 0.05) is 35.2 Å². The largest absolute Gasteiger partial charge is 0.381 e. The molecule has 2 aliphatic carbocycles. The summed E-state index contributed by atoms with van der Waals surface area (Å²) in [6, 6.07) is 40.3. The molecule has 4 nitrogen and oxygen atoms in total. The van der Waals surface area contributed by atoms with Crippen LogP contribution in [0.25, 0.3) is 62.1 Å². The molecule has 4 heteroatoms. The molecule has 1 heterocycles. The fourth-order valence-electron chi connectivity index (χ4n) is 6.79. The summed E-state index contributed by atoms with van der Waals surface area (Å²) in [5.41, 5.74) is 16.3. The van der Waals surface area contributed by atoms with E-state index in [4.69, 9.17) is 15.0 Å². The first-order chi connectivity index (χ1) is 24.2. The smallest absolute Gasteiger partial charge is 0.164 e. The van der Waals surface area contributed by atoms with E-state index in [1.54, 1.807) is 0 Å². The quantitative estimate of drug-likeness (QED) is 0.141. The Labute approximate surface area is 287 Å². The van der Waals surface area contributed by atoms with E-state index in [9.17, 15) is 0 Å². The Hall–Kier alpha value is -6.53. The predicted molar refractivity (Wildman–Crippen MR) is 200 cm³/mol. The minimum absolute atomic E-state index is 0.112. The van der Waals surface area contributed by atoms with E-state index in [-0.39, 0.29) is 5.92 Å². The van der Waals surface area contributed by atoms with E-state index in [1.807, 2.05) is 49.5 Å². The lowest BCUT2D eigenvalue weighted by molar-refractivity contribution is 1.06. The monoisotopic (exact) mass is 628 g/mol. The number of benzene rings is 5. The summed E-state index contributed by atoms with van der Waals surface area (Å²) in [4.78, 5) is 15.3. The highest BCUT2D eigenvalue weighted by molar-refractivity contribution is 5.92. The first-order valence-electron chi connectivity index (χ1n) is 16.4. The molecular weight excluding hydrogens is 597 g/mol. The van der Waals surface area contributed by atoms with E-state index in [0.29, 0.717) is 17.5 Å². The SMILES string of the molecule is C=C=C(NC)c1ccc(-c2cccc3c2Cc2cccc(-c4nc(-c5ccccc5)nc(-c5cccc(C6C=CC#CC=C6)c5)n4)c2-3)cc1. The second kappa shape index (κ2) is 12.9. The highest BCUT2D eigenvalue weighted by Crippen LogP contribution is 2.46. The van der Waals surface area contributed by atoms with Crippen LogP contribution in [0.1, 0.15) is 28.2 Å². The molecule has 2 aliphatic rings. The Morgan fingerprint density at radius 3 is 2.08 bits per heavy atom. The zero-order chi connectivity index (χ0) is 33.2. The van der Waals surface area contributed by atoms with Crippen molar-refractivity contribution in [1.82, 2.24) is 20.3 Å². The molecule has 8 rings (SSSR count). The van der Waals surface area contributed by atoms with Crippen molar-refractivity contribution in [2.75, 3.05) is 7.05 Å². The van der Waals surface area contributed by atoms with Crippen LogP contribution in [0.5, 0.6) is 0 Å². The average molecular weight is 629 g/mol. The van der Waals surface area contributed by atoms with Gasteiger partial charge in [0.1, 0.15) is 0 Å². The third-order valence-electron chi connectivity index (χ3n) is 9.17. The number of hydrogen-bond acceptors (Lipinski definition) is 4. The minimum atomic E-state index is 0.112. The third kappa shape index (κ3) is 5.70. The van der Waals surface area contributed by atoms with Gasteiger partial charge < -0.3 is 5.32 Å². The van der Waals surface area contributed by atoms with Gasteiger partial charge in [-0.05, 0) is 63.6 Å². The van der Waals surface area contributed by atoms with Crippen LogP contribution < -0.4 is 5.32 Å². The van der Waals surface area contributed by atoms with Gasteiger partial charge in [0.15, 0.2) is 17.5 Å².